The quantitative estimate of drug-likeness (QED) is 0.501. The van der Waals surface area contributed by atoms with Gasteiger partial charge in [-0.1, -0.05) is 70.5 Å². The van der Waals surface area contributed by atoms with Crippen molar-refractivity contribution < 1.29 is 4.74 Å². The molecule has 0 fully saturated rings. The second-order valence-electron chi connectivity index (χ2n) is 6.33. The molecule has 0 amide bonds. The molecule has 3 aromatic carbocycles. The Kier molecular flexibility index (Phi) is 3.51. The van der Waals surface area contributed by atoms with Crippen molar-refractivity contribution in [2.24, 2.45) is 0 Å². The lowest BCUT2D eigenvalue weighted by atomic mass is 9.94. The Balaban J connectivity index is 1.69. The lowest BCUT2D eigenvalue weighted by molar-refractivity contribution is -0.000374. The molecule has 0 aliphatic carbocycles. The van der Waals surface area contributed by atoms with Crippen LogP contribution >= 0.6 is 15.9 Å². The first-order chi connectivity index (χ1) is 12.3. The number of nitrogens with zero attached hydrogens (tertiary/aromatic N) is 1. The summed E-state index contributed by atoms with van der Waals surface area (Å²) < 4.78 is 7.71. The molecule has 0 bridgehead atoms. The highest BCUT2D eigenvalue weighted by molar-refractivity contribution is 9.10. The van der Waals surface area contributed by atoms with Crippen molar-refractivity contribution in [1.29, 1.82) is 0 Å². The SMILES string of the molecule is Brc1cccc(C2OC3c4ccccc4C=CN3c3ccccc32)c1. The third kappa shape index (κ3) is 2.43. The number of rotatable bonds is 1. The lowest BCUT2D eigenvalue weighted by Gasteiger charge is -2.43. The van der Waals surface area contributed by atoms with Crippen LogP contribution in [0.2, 0.25) is 0 Å². The lowest BCUT2D eigenvalue weighted by Crippen LogP contribution is -2.35. The monoisotopic (exact) mass is 389 g/mol. The van der Waals surface area contributed by atoms with Crippen molar-refractivity contribution in [3.05, 3.63) is 106 Å². The van der Waals surface area contributed by atoms with Crippen molar-refractivity contribution in [2.75, 3.05) is 4.90 Å². The Bertz CT molecular complexity index is 981. The van der Waals surface area contributed by atoms with Gasteiger partial charge in [0, 0.05) is 27.5 Å². The van der Waals surface area contributed by atoms with Crippen molar-refractivity contribution >= 4 is 27.7 Å². The van der Waals surface area contributed by atoms with Gasteiger partial charge in [0.25, 0.3) is 0 Å². The van der Waals surface area contributed by atoms with Crippen LogP contribution in [0.5, 0.6) is 0 Å². The van der Waals surface area contributed by atoms with Gasteiger partial charge in [0.15, 0.2) is 6.23 Å². The van der Waals surface area contributed by atoms with Crippen LogP contribution in [-0.4, -0.2) is 0 Å². The minimum atomic E-state index is -0.111. The molecule has 0 saturated heterocycles. The normalized spacial score (nSPS) is 20.6. The van der Waals surface area contributed by atoms with Gasteiger partial charge in [-0.15, -0.1) is 0 Å². The highest BCUT2D eigenvalue weighted by Gasteiger charge is 2.36. The summed E-state index contributed by atoms with van der Waals surface area (Å²) in [6.07, 6.45) is 4.09. The van der Waals surface area contributed by atoms with E-state index in [9.17, 15) is 0 Å². The van der Waals surface area contributed by atoms with Crippen molar-refractivity contribution in [1.82, 2.24) is 0 Å². The summed E-state index contributed by atoms with van der Waals surface area (Å²) in [6, 6.07) is 25.3. The van der Waals surface area contributed by atoms with Gasteiger partial charge in [-0.25, -0.2) is 0 Å². The molecule has 5 rings (SSSR count). The first kappa shape index (κ1) is 14.9. The maximum Gasteiger partial charge on any atom is 0.162 e. The number of hydrogen-bond acceptors (Lipinski definition) is 2. The van der Waals surface area contributed by atoms with E-state index in [0.29, 0.717) is 0 Å². The van der Waals surface area contributed by atoms with E-state index in [2.05, 4.69) is 99.8 Å². The molecule has 0 spiro atoms. The fourth-order valence-electron chi connectivity index (χ4n) is 3.70. The van der Waals surface area contributed by atoms with E-state index in [1.165, 1.54) is 22.4 Å². The number of anilines is 1. The molecule has 3 aromatic rings. The van der Waals surface area contributed by atoms with E-state index in [4.69, 9.17) is 4.74 Å². The van der Waals surface area contributed by atoms with Gasteiger partial charge in [0.05, 0.1) is 0 Å². The van der Waals surface area contributed by atoms with E-state index in [0.717, 1.165) is 10.0 Å². The first-order valence-corrected chi connectivity index (χ1v) is 9.16. The molecule has 2 nitrogen and oxygen atoms in total. The summed E-state index contributed by atoms with van der Waals surface area (Å²) in [5.74, 6) is 0. The molecular weight excluding hydrogens is 374 g/mol. The summed E-state index contributed by atoms with van der Waals surface area (Å²) in [5.41, 5.74) is 5.99. The maximum absolute atomic E-state index is 6.64. The molecule has 0 radical (unpaired) electrons. The molecule has 2 aliphatic heterocycles. The molecule has 3 heteroatoms. The Labute approximate surface area is 155 Å². The Morgan fingerprint density at radius 1 is 0.840 bits per heavy atom. The van der Waals surface area contributed by atoms with Gasteiger partial charge in [-0.3, -0.25) is 0 Å². The molecule has 2 aliphatic rings. The van der Waals surface area contributed by atoms with E-state index < -0.39 is 0 Å². The highest BCUT2D eigenvalue weighted by atomic mass is 79.9. The van der Waals surface area contributed by atoms with Gasteiger partial charge < -0.3 is 9.64 Å². The first-order valence-electron chi connectivity index (χ1n) is 8.36. The summed E-state index contributed by atoms with van der Waals surface area (Å²) in [6.45, 7) is 0. The Morgan fingerprint density at radius 3 is 2.52 bits per heavy atom. The maximum atomic E-state index is 6.64. The second-order valence-corrected chi connectivity index (χ2v) is 7.25. The second kappa shape index (κ2) is 5.87. The zero-order valence-electron chi connectivity index (χ0n) is 13.5. The molecule has 0 saturated carbocycles. The molecule has 0 N–H and O–H groups in total. The summed E-state index contributed by atoms with van der Waals surface area (Å²) in [5, 5.41) is 0. The van der Waals surface area contributed by atoms with Crippen molar-refractivity contribution in [2.45, 2.75) is 12.3 Å². The molecule has 25 heavy (non-hydrogen) atoms. The van der Waals surface area contributed by atoms with Gasteiger partial charge in [0.1, 0.15) is 6.10 Å². The van der Waals surface area contributed by atoms with E-state index >= 15 is 0 Å². The average Bonchev–Trinajstić information content (AvgIpc) is 2.67. The topological polar surface area (TPSA) is 12.5 Å². The van der Waals surface area contributed by atoms with Gasteiger partial charge in [0.2, 0.25) is 0 Å². The van der Waals surface area contributed by atoms with Gasteiger partial charge in [-0.2, -0.15) is 0 Å². The van der Waals surface area contributed by atoms with E-state index in [1.807, 2.05) is 6.07 Å². The largest absolute Gasteiger partial charge is 0.341 e. The van der Waals surface area contributed by atoms with Crippen LogP contribution in [0.4, 0.5) is 5.69 Å². The number of hydrogen-bond donors (Lipinski definition) is 0. The standard InChI is InChI=1S/C22H16BrNO/c23-17-8-5-7-16(14-17)21-19-10-3-4-11-20(19)24-13-12-15-6-1-2-9-18(15)22(24)25-21/h1-14,21-22H. The van der Waals surface area contributed by atoms with Gasteiger partial charge in [-0.05, 0) is 35.4 Å². The van der Waals surface area contributed by atoms with Crippen LogP contribution in [-0.2, 0) is 4.74 Å². The average molecular weight is 390 g/mol. The molecule has 122 valence electrons. The summed E-state index contributed by atoms with van der Waals surface area (Å²) >= 11 is 3.59. The zero-order chi connectivity index (χ0) is 16.8. The summed E-state index contributed by atoms with van der Waals surface area (Å²) in [4.78, 5) is 2.23. The predicted molar refractivity (Wildman–Crippen MR) is 104 cm³/mol. The Hall–Kier alpha value is -2.36. The molecular formula is C22H16BrNO. The van der Waals surface area contributed by atoms with E-state index in [1.54, 1.807) is 0 Å². The van der Waals surface area contributed by atoms with Crippen molar-refractivity contribution in [3.8, 4) is 0 Å². The zero-order valence-corrected chi connectivity index (χ0v) is 15.1. The molecule has 2 unspecified atom stereocenters. The van der Waals surface area contributed by atoms with Crippen LogP contribution < -0.4 is 4.90 Å². The fourth-order valence-corrected chi connectivity index (χ4v) is 4.11. The van der Waals surface area contributed by atoms with E-state index in [-0.39, 0.29) is 12.3 Å². The van der Waals surface area contributed by atoms with Crippen LogP contribution in [0.15, 0.2) is 83.5 Å². The van der Waals surface area contributed by atoms with Crippen LogP contribution in [0.1, 0.15) is 34.6 Å². The smallest absolute Gasteiger partial charge is 0.162 e. The molecule has 2 atom stereocenters. The number of benzene rings is 3. The number of ether oxygens (including phenoxy) is 1. The molecule has 0 aromatic heterocycles. The number of para-hydroxylation sites is 1. The summed E-state index contributed by atoms with van der Waals surface area (Å²) in [7, 11) is 0. The molecule has 2 heterocycles. The minimum Gasteiger partial charge on any atom is -0.341 e. The van der Waals surface area contributed by atoms with Crippen molar-refractivity contribution in [3.63, 3.8) is 0 Å². The highest BCUT2D eigenvalue weighted by Crippen LogP contribution is 2.47. The number of fused-ring (bicyclic) bond motifs is 5. The predicted octanol–water partition coefficient (Wildman–Crippen LogP) is 6.06. The van der Waals surface area contributed by atoms with Crippen LogP contribution in [0.3, 0.4) is 0 Å². The fraction of sp³-hybridized carbons (Fsp3) is 0.0909. The third-order valence-corrected chi connectivity index (χ3v) is 5.34. The Morgan fingerprint density at radius 2 is 1.64 bits per heavy atom. The third-order valence-electron chi connectivity index (χ3n) is 4.84. The van der Waals surface area contributed by atoms with Gasteiger partial charge >= 0.3 is 0 Å². The number of halogens is 1. The van der Waals surface area contributed by atoms with Crippen LogP contribution in [0, 0.1) is 0 Å². The van der Waals surface area contributed by atoms with Crippen LogP contribution in [0.25, 0.3) is 6.08 Å². The minimum absolute atomic E-state index is 0.0884.